The van der Waals surface area contributed by atoms with Crippen molar-refractivity contribution >= 4 is 43.1 Å². The van der Waals surface area contributed by atoms with E-state index in [-0.39, 0.29) is 29.4 Å². The van der Waals surface area contributed by atoms with Gasteiger partial charge >= 0.3 is 0 Å². The number of sulfonamides is 1. The van der Waals surface area contributed by atoms with E-state index >= 15 is 0 Å². The number of aryl methyl sites for hydroxylation is 1. The molecule has 2 atom stereocenters. The summed E-state index contributed by atoms with van der Waals surface area (Å²) in [5.74, 6) is -0.929. The smallest absolute Gasteiger partial charge is 0.243 e. The van der Waals surface area contributed by atoms with E-state index in [0.29, 0.717) is 23.1 Å². The fourth-order valence-electron chi connectivity index (χ4n) is 5.68. The molecular weight excluding hydrogens is 610 g/mol. The van der Waals surface area contributed by atoms with E-state index in [1.165, 1.54) is 11.2 Å². The summed E-state index contributed by atoms with van der Waals surface area (Å²) < 4.78 is 31.2. The van der Waals surface area contributed by atoms with Gasteiger partial charge in [0.25, 0.3) is 0 Å². The lowest BCUT2D eigenvalue weighted by Gasteiger charge is -2.42. The molecule has 0 aromatic heterocycles. The lowest BCUT2D eigenvalue weighted by atomic mass is 9.76. The molecule has 0 saturated carbocycles. The second-order valence-corrected chi connectivity index (χ2v) is 13.5. The number of Topliss-reactive ketones (excluding diaryl/α,β-unsaturated/α-hetero) is 2. The molecule has 5 nitrogen and oxygen atoms in total. The summed E-state index contributed by atoms with van der Waals surface area (Å²) in [6, 6.07) is 32.5. The first kappa shape index (κ1) is 29.8. The van der Waals surface area contributed by atoms with Gasteiger partial charge in [-0.05, 0) is 73.4 Å². The van der Waals surface area contributed by atoms with Crippen molar-refractivity contribution in [2.24, 2.45) is 5.92 Å². The maximum absolute atomic E-state index is 14.4. The van der Waals surface area contributed by atoms with Gasteiger partial charge in [-0.3, -0.25) is 4.79 Å². The van der Waals surface area contributed by atoms with E-state index in [4.69, 9.17) is 0 Å². The standard InChI is InChI=1S/C35H32BrNO4S/c1-24-13-19-31(20-14-24)42(40,41)37-23-29(21-25(2)38)34(35(39)28-15-17-30(36)18-16-28)33(27-11-7-4-8-12-27)32(37)22-26-9-5-3-6-10-26/h3-20,29,32H,21-23H2,1-2H3. The average Bonchev–Trinajstić information content (AvgIpc) is 2.98. The van der Waals surface area contributed by atoms with Crippen molar-refractivity contribution in [3.05, 3.63) is 141 Å². The summed E-state index contributed by atoms with van der Waals surface area (Å²) in [5.41, 5.74) is 4.28. The SMILES string of the molecule is CC(=O)CC1CN(S(=O)(=O)c2ccc(C)cc2)C(Cc2ccccc2)C(c2ccccc2)=C1C(=O)c1ccc(Br)cc1. The number of carbonyl (C=O) groups excluding carboxylic acids is 2. The molecule has 4 aromatic rings. The number of rotatable bonds is 9. The molecule has 2 unspecified atom stereocenters. The molecule has 0 amide bonds. The van der Waals surface area contributed by atoms with Crippen LogP contribution in [0, 0.1) is 12.8 Å². The van der Waals surface area contributed by atoms with Crippen LogP contribution in [0.25, 0.3) is 5.57 Å². The van der Waals surface area contributed by atoms with Crippen LogP contribution in [0.2, 0.25) is 0 Å². The molecule has 0 spiro atoms. The molecule has 0 saturated heterocycles. The van der Waals surface area contributed by atoms with Crippen LogP contribution in [0.3, 0.4) is 0 Å². The van der Waals surface area contributed by atoms with Crippen molar-refractivity contribution in [1.82, 2.24) is 4.31 Å². The average molecular weight is 643 g/mol. The van der Waals surface area contributed by atoms with Crippen LogP contribution in [0.4, 0.5) is 0 Å². The molecule has 0 radical (unpaired) electrons. The van der Waals surface area contributed by atoms with Gasteiger partial charge in [-0.25, -0.2) is 8.42 Å². The van der Waals surface area contributed by atoms with Gasteiger partial charge in [0.05, 0.1) is 10.9 Å². The Hall–Kier alpha value is -3.65. The molecule has 0 fully saturated rings. The first-order chi connectivity index (χ1) is 20.1. The lowest BCUT2D eigenvalue weighted by Crippen LogP contribution is -2.50. The molecule has 5 rings (SSSR count). The molecule has 0 N–H and O–H groups in total. The number of ketones is 2. The largest absolute Gasteiger partial charge is 0.300 e. The van der Waals surface area contributed by atoms with Crippen molar-refractivity contribution in [2.45, 2.75) is 37.6 Å². The highest BCUT2D eigenvalue weighted by atomic mass is 79.9. The van der Waals surface area contributed by atoms with Crippen LogP contribution in [0.15, 0.2) is 124 Å². The molecule has 42 heavy (non-hydrogen) atoms. The Morgan fingerprint density at radius 1 is 0.833 bits per heavy atom. The summed E-state index contributed by atoms with van der Waals surface area (Å²) in [7, 11) is -4.01. The van der Waals surface area contributed by atoms with Crippen LogP contribution in [-0.2, 0) is 21.2 Å². The Labute approximate surface area is 256 Å². The number of halogens is 1. The van der Waals surface area contributed by atoms with Crippen molar-refractivity contribution in [1.29, 1.82) is 0 Å². The van der Waals surface area contributed by atoms with Crippen LogP contribution >= 0.6 is 15.9 Å². The molecule has 1 aliphatic heterocycles. The zero-order valence-electron chi connectivity index (χ0n) is 23.5. The van der Waals surface area contributed by atoms with Crippen molar-refractivity contribution in [3.8, 4) is 0 Å². The van der Waals surface area contributed by atoms with Crippen LogP contribution in [-0.4, -0.2) is 36.9 Å². The van der Waals surface area contributed by atoms with Crippen LogP contribution in [0.1, 0.15) is 40.4 Å². The molecular formula is C35H32BrNO4S. The normalized spacial score (nSPS) is 17.7. The van der Waals surface area contributed by atoms with E-state index in [0.717, 1.165) is 21.2 Å². The van der Waals surface area contributed by atoms with Gasteiger partial charge in [0.1, 0.15) is 5.78 Å². The fraction of sp³-hybridized carbons (Fsp3) is 0.200. The Morgan fingerprint density at radius 3 is 2.02 bits per heavy atom. The molecule has 0 aliphatic carbocycles. The van der Waals surface area contributed by atoms with E-state index in [9.17, 15) is 18.0 Å². The van der Waals surface area contributed by atoms with Gasteiger partial charge in [0.2, 0.25) is 10.0 Å². The predicted molar refractivity (Wildman–Crippen MR) is 170 cm³/mol. The van der Waals surface area contributed by atoms with Crippen LogP contribution in [0.5, 0.6) is 0 Å². The van der Waals surface area contributed by atoms with E-state index in [2.05, 4.69) is 15.9 Å². The fourth-order valence-corrected chi connectivity index (χ4v) is 7.58. The summed E-state index contributed by atoms with van der Waals surface area (Å²) in [6.45, 7) is 3.41. The molecule has 4 aromatic carbocycles. The van der Waals surface area contributed by atoms with Gasteiger partial charge in [-0.15, -0.1) is 0 Å². The summed E-state index contributed by atoms with van der Waals surface area (Å²) in [6.07, 6.45) is 0.409. The third kappa shape index (κ3) is 6.38. The van der Waals surface area contributed by atoms with Gasteiger partial charge < -0.3 is 4.79 Å². The Kier molecular flexibility index (Phi) is 9.02. The lowest BCUT2D eigenvalue weighted by molar-refractivity contribution is -0.117. The Balaban J connectivity index is 1.79. The maximum atomic E-state index is 14.4. The van der Waals surface area contributed by atoms with E-state index < -0.39 is 22.0 Å². The van der Waals surface area contributed by atoms with Gasteiger partial charge in [-0.2, -0.15) is 4.31 Å². The first-order valence-electron chi connectivity index (χ1n) is 13.9. The minimum absolute atomic E-state index is 0.0151. The molecule has 7 heteroatoms. The predicted octanol–water partition coefficient (Wildman–Crippen LogP) is 7.31. The molecule has 1 aliphatic rings. The quantitative estimate of drug-likeness (QED) is 0.180. The third-order valence-corrected chi connectivity index (χ3v) is 10.1. The Morgan fingerprint density at radius 2 is 1.43 bits per heavy atom. The number of hydrogen-bond acceptors (Lipinski definition) is 4. The van der Waals surface area contributed by atoms with Gasteiger partial charge in [0.15, 0.2) is 5.78 Å². The second kappa shape index (κ2) is 12.7. The Bertz CT molecular complexity index is 1720. The number of benzene rings is 4. The summed E-state index contributed by atoms with van der Waals surface area (Å²) in [4.78, 5) is 27.2. The first-order valence-corrected chi connectivity index (χ1v) is 16.1. The molecule has 214 valence electrons. The summed E-state index contributed by atoms with van der Waals surface area (Å²) in [5, 5.41) is 0. The van der Waals surface area contributed by atoms with Crippen molar-refractivity contribution in [2.75, 3.05) is 6.54 Å². The van der Waals surface area contributed by atoms with E-state index in [1.807, 2.05) is 79.7 Å². The highest BCUT2D eigenvalue weighted by Gasteiger charge is 2.44. The number of hydrogen-bond donors (Lipinski definition) is 0. The zero-order valence-corrected chi connectivity index (χ0v) is 25.9. The monoisotopic (exact) mass is 641 g/mol. The number of nitrogens with zero attached hydrogens (tertiary/aromatic N) is 1. The second-order valence-electron chi connectivity index (χ2n) is 10.7. The zero-order chi connectivity index (χ0) is 29.9. The van der Waals surface area contributed by atoms with Gasteiger partial charge in [0, 0.05) is 34.5 Å². The molecule has 0 bridgehead atoms. The van der Waals surface area contributed by atoms with Gasteiger partial charge in [-0.1, -0.05) is 94.3 Å². The maximum Gasteiger partial charge on any atom is 0.243 e. The van der Waals surface area contributed by atoms with Crippen molar-refractivity contribution < 1.29 is 18.0 Å². The minimum Gasteiger partial charge on any atom is -0.300 e. The topological polar surface area (TPSA) is 71.5 Å². The van der Waals surface area contributed by atoms with E-state index in [1.54, 1.807) is 36.4 Å². The minimum atomic E-state index is -4.01. The number of carbonyl (C=O) groups is 2. The van der Waals surface area contributed by atoms with Crippen LogP contribution < -0.4 is 0 Å². The van der Waals surface area contributed by atoms with Crippen molar-refractivity contribution in [3.63, 3.8) is 0 Å². The highest BCUT2D eigenvalue weighted by Crippen LogP contribution is 2.42. The highest BCUT2D eigenvalue weighted by molar-refractivity contribution is 9.10. The molecule has 1 heterocycles. The summed E-state index contributed by atoms with van der Waals surface area (Å²) >= 11 is 3.45. The third-order valence-electron chi connectivity index (χ3n) is 7.65.